The zero-order chi connectivity index (χ0) is 12.7. The van der Waals surface area contributed by atoms with E-state index in [-0.39, 0.29) is 6.03 Å². The Hall–Kier alpha value is -0.420. The molecule has 1 rings (SSSR count). The SMILES string of the molecule is CSCCCNC1CCN(C(=O)N(C)C)CC1. The predicted octanol–water partition coefficient (Wildman–Crippen LogP) is 1.48. The molecule has 0 unspecified atom stereocenters. The molecule has 2 amide bonds. The van der Waals surface area contributed by atoms with Crippen LogP contribution in [0.2, 0.25) is 0 Å². The fraction of sp³-hybridized carbons (Fsp3) is 0.917. The lowest BCUT2D eigenvalue weighted by Crippen LogP contribution is -2.48. The van der Waals surface area contributed by atoms with Gasteiger partial charge in [0.2, 0.25) is 0 Å². The van der Waals surface area contributed by atoms with Gasteiger partial charge in [-0.25, -0.2) is 4.79 Å². The smallest absolute Gasteiger partial charge is 0.319 e. The van der Waals surface area contributed by atoms with Gasteiger partial charge in [0.25, 0.3) is 0 Å². The standard InChI is InChI=1S/C12H25N3OS/c1-14(2)12(16)15-8-5-11(6-9-15)13-7-4-10-17-3/h11,13H,4-10H2,1-3H3. The number of nitrogens with one attached hydrogen (secondary N) is 1. The minimum Gasteiger partial charge on any atom is -0.331 e. The van der Waals surface area contributed by atoms with Crippen molar-refractivity contribution in [3.8, 4) is 0 Å². The van der Waals surface area contributed by atoms with E-state index in [1.165, 1.54) is 12.2 Å². The van der Waals surface area contributed by atoms with Crippen molar-refractivity contribution in [2.24, 2.45) is 0 Å². The largest absolute Gasteiger partial charge is 0.331 e. The number of hydrogen-bond acceptors (Lipinski definition) is 3. The van der Waals surface area contributed by atoms with Gasteiger partial charge in [0.05, 0.1) is 0 Å². The second-order valence-corrected chi connectivity index (χ2v) is 5.72. The zero-order valence-corrected chi connectivity index (χ0v) is 12.1. The molecule has 0 aromatic heterocycles. The topological polar surface area (TPSA) is 35.6 Å². The van der Waals surface area contributed by atoms with Gasteiger partial charge in [-0.05, 0) is 37.8 Å². The molecule has 1 heterocycles. The van der Waals surface area contributed by atoms with Crippen LogP contribution in [0.4, 0.5) is 4.79 Å². The third-order valence-corrected chi connectivity index (χ3v) is 3.80. The van der Waals surface area contributed by atoms with Crippen LogP contribution in [0.15, 0.2) is 0 Å². The summed E-state index contributed by atoms with van der Waals surface area (Å²) in [5, 5.41) is 3.58. The van der Waals surface area contributed by atoms with E-state index in [4.69, 9.17) is 0 Å². The molecule has 0 radical (unpaired) electrons. The molecule has 0 spiro atoms. The van der Waals surface area contributed by atoms with Crippen molar-refractivity contribution in [1.82, 2.24) is 15.1 Å². The summed E-state index contributed by atoms with van der Waals surface area (Å²) in [6.45, 7) is 2.88. The minimum atomic E-state index is 0.144. The normalized spacial score (nSPS) is 17.2. The summed E-state index contributed by atoms with van der Waals surface area (Å²) in [5.41, 5.74) is 0. The van der Waals surface area contributed by atoms with Gasteiger partial charge in [-0.2, -0.15) is 11.8 Å². The van der Waals surface area contributed by atoms with E-state index in [0.717, 1.165) is 32.5 Å². The molecule has 0 aliphatic carbocycles. The van der Waals surface area contributed by atoms with Crippen molar-refractivity contribution in [2.45, 2.75) is 25.3 Å². The molecule has 0 aromatic rings. The maximum atomic E-state index is 11.7. The number of nitrogens with zero attached hydrogens (tertiary/aromatic N) is 2. The number of carbonyl (C=O) groups excluding carboxylic acids is 1. The average Bonchev–Trinajstić information content (AvgIpc) is 2.34. The van der Waals surface area contributed by atoms with Crippen LogP contribution < -0.4 is 5.32 Å². The number of urea groups is 1. The Balaban J connectivity index is 2.15. The lowest BCUT2D eigenvalue weighted by molar-refractivity contribution is 0.152. The highest BCUT2D eigenvalue weighted by atomic mass is 32.2. The van der Waals surface area contributed by atoms with Gasteiger partial charge >= 0.3 is 6.03 Å². The second-order valence-electron chi connectivity index (χ2n) is 4.74. The molecule has 1 saturated heterocycles. The molecule has 4 nitrogen and oxygen atoms in total. The van der Waals surface area contributed by atoms with Gasteiger partial charge in [0, 0.05) is 33.2 Å². The first-order chi connectivity index (χ1) is 8.15. The Kier molecular flexibility index (Phi) is 6.73. The quantitative estimate of drug-likeness (QED) is 0.760. The lowest BCUT2D eigenvalue weighted by Gasteiger charge is -2.34. The molecule has 1 N–H and O–H groups in total. The van der Waals surface area contributed by atoms with Crippen LogP contribution >= 0.6 is 11.8 Å². The third-order valence-electron chi connectivity index (χ3n) is 3.11. The maximum Gasteiger partial charge on any atom is 0.319 e. The number of thioether (sulfide) groups is 1. The van der Waals surface area contributed by atoms with E-state index in [9.17, 15) is 4.79 Å². The monoisotopic (exact) mass is 259 g/mol. The van der Waals surface area contributed by atoms with Gasteiger partial charge in [-0.15, -0.1) is 0 Å². The first-order valence-corrected chi connectivity index (χ1v) is 7.73. The first kappa shape index (κ1) is 14.6. The number of rotatable bonds is 5. The highest BCUT2D eigenvalue weighted by Crippen LogP contribution is 2.11. The molecule has 0 atom stereocenters. The van der Waals surface area contributed by atoms with Gasteiger partial charge < -0.3 is 15.1 Å². The maximum absolute atomic E-state index is 11.7. The summed E-state index contributed by atoms with van der Waals surface area (Å²) in [5.74, 6) is 1.23. The summed E-state index contributed by atoms with van der Waals surface area (Å²) in [6, 6.07) is 0.744. The van der Waals surface area contributed by atoms with E-state index in [0.29, 0.717) is 6.04 Å². The molecular weight excluding hydrogens is 234 g/mol. The van der Waals surface area contributed by atoms with Crippen LogP contribution in [-0.2, 0) is 0 Å². The van der Waals surface area contributed by atoms with E-state index >= 15 is 0 Å². The molecule has 0 aromatic carbocycles. The van der Waals surface area contributed by atoms with Gasteiger partial charge in [0.15, 0.2) is 0 Å². The summed E-state index contributed by atoms with van der Waals surface area (Å²) >= 11 is 1.90. The molecule has 0 bridgehead atoms. The van der Waals surface area contributed by atoms with Crippen molar-refractivity contribution >= 4 is 17.8 Å². The Morgan fingerprint density at radius 3 is 2.59 bits per heavy atom. The summed E-state index contributed by atoms with van der Waals surface area (Å²) in [6.07, 6.45) is 5.54. The third kappa shape index (κ3) is 5.17. The van der Waals surface area contributed by atoms with Crippen LogP contribution in [0.5, 0.6) is 0 Å². The molecule has 5 heteroatoms. The minimum absolute atomic E-state index is 0.144. The number of likely N-dealkylation sites (tertiary alicyclic amines) is 1. The van der Waals surface area contributed by atoms with Crippen molar-refractivity contribution in [3.63, 3.8) is 0 Å². The van der Waals surface area contributed by atoms with E-state index in [2.05, 4.69) is 11.6 Å². The average molecular weight is 259 g/mol. The molecule has 100 valence electrons. The summed E-state index contributed by atoms with van der Waals surface area (Å²) in [7, 11) is 3.63. The molecule has 1 fully saturated rings. The van der Waals surface area contributed by atoms with Crippen LogP contribution in [0.1, 0.15) is 19.3 Å². The summed E-state index contributed by atoms with van der Waals surface area (Å²) in [4.78, 5) is 15.3. The Morgan fingerprint density at radius 2 is 2.06 bits per heavy atom. The van der Waals surface area contributed by atoms with Crippen LogP contribution in [0.3, 0.4) is 0 Å². The van der Waals surface area contributed by atoms with Gasteiger partial charge in [-0.3, -0.25) is 0 Å². The van der Waals surface area contributed by atoms with Crippen molar-refractivity contribution in [2.75, 3.05) is 45.7 Å². The predicted molar refractivity (Wildman–Crippen MR) is 74.7 cm³/mol. The van der Waals surface area contributed by atoms with E-state index in [1.807, 2.05) is 30.8 Å². The molecular formula is C12H25N3OS. The number of piperidine rings is 1. The van der Waals surface area contributed by atoms with Crippen molar-refractivity contribution in [3.05, 3.63) is 0 Å². The highest BCUT2D eigenvalue weighted by Gasteiger charge is 2.22. The van der Waals surface area contributed by atoms with Gasteiger partial charge in [-0.1, -0.05) is 0 Å². The summed E-state index contributed by atoms with van der Waals surface area (Å²) < 4.78 is 0. The highest BCUT2D eigenvalue weighted by molar-refractivity contribution is 7.98. The molecule has 17 heavy (non-hydrogen) atoms. The van der Waals surface area contributed by atoms with Gasteiger partial charge in [0.1, 0.15) is 0 Å². The van der Waals surface area contributed by atoms with E-state index < -0.39 is 0 Å². The van der Waals surface area contributed by atoms with E-state index in [1.54, 1.807) is 4.90 Å². The second kappa shape index (κ2) is 7.82. The van der Waals surface area contributed by atoms with Crippen LogP contribution in [0.25, 0.3) is 0 Å². The lowest BCUT2D eigenvalue weighted by atomic mass is 10.1. The fourth-order valence-electron chi connectivity index (χ4n) is 2.08. The first-order valence-electron chi connectivity index (χ1n) is 6.33. The number of hydrogen-bond donors (Lipinski definition) is 1. The van der Waals surface area contributed by atoms with Crippen molar-refractivity contribution in [1.29, 1.82) is 0 Å². The number of amides is 2. The van der Waals surface area contributed by atoms with Crippen molar-refractivity contribution < 1.29 is 4.79 Å². The molecule has 0 saturated carbocycles. The fourth-order valence-corrected chi connectivity index (χ4v) is 2.51. The Labute approximate surface area is 109 Å². The van der Waals surface area contributed by atoms with Crippen LogP contribution in [-0.4, -0.2) is 67.6 Å². The molecule has 1 aliphatic rings. The number of carbonyl (C=O) groups is 1. The Morgan fingerprint density at radius 1 is 1.41 bits per heavy atom. The Bertz CT molecular complexity index is 228. The zero-order valence-electron chi connectivity index (χ0n) is 11.2. The van der Waals surface area contributed by atoms with Crippen LogP contribution in [0, 0.1) is 0 Å². The molecule has 1 aliphatic heterocycles.